The third-order valence-electron chi connectivity index (χ3n) is 5.13. The van der Waals surface area contributed by atoms with Gasteiger partial charge in [0.05, 0.1) is 0 Å². The monoisotopic (exact) mass is 418 g/mol. The van der Waals surface area contributed by atoms with Gasteiger partial charge < -0.3 is 0 Å². The summed E-state index contributed by atoms with van der Waals surface area (Å²) in [7, 11) is 3.11. The number of fused-ring (bicyclic) bond motifs is 1. The van der Waals surface area contributed by atoms with Crippen molar-refractivity contribution in [2.45, 2.75) is 24.1 Å². The molecule has 30 heavy (non-hydrogen) atoms. The first-order valence-corrected chi connectivity index (χ1v) is 10.5. The SMILES string of the molecule is Cc1ccc(-c2nc(S[C@@H](C)c3ccccc3)c3c(=O)n(C)c(=O)n(C)c3n2)cc1. The number of hydrogen-bond donors (Lipinski definition) is 0. The molecule has 0 bridgehead atoms. The van der Waals surface area contributed by atoms with Crippen molar-refractivity contribution in [3.63, 3.8) is 0 Å². The number of benzene rings is 2. The number of rotatable bonds is 4. The van der Waals surface area contributed by atoms with Gasteiger partial charge in [0.1, 0.15) is 10.4 Å². The second-order valence-electron chi connectivity index (χ2n) is 7.29. The van der Waals surface area contributed by atoms with Crippen LogP contribution in [0.15, 0.2) is 69.2 Å². The normalized spacial score (nSPS) is 12.3. The third-order valence-corrected chi connectivity index (χ3v) is 6.28. The highest BCUT2D eigenvalue weighted by Crippen LogP contribution is 2.36. The van der Waals surface area contributed by atoms with E-state index in [4.69, 9.17) is 4.98 Å². The van der Waals surface area contributed by atoms with Gasteiger partial charge in [0.15, 0.2) is 11.5 Å². The van der Waals surface area contributed by atoms with Gasteiger partial charge in [-0.25, -0.2) is 14.8 Å². The molecule has 7 heteroatoms. The van der Waals surface area contributed by atoms with Gasteiger partial charge >= 0.3 is 5.69 Å². The summed E-state index contributed by atoms with van der Waals surface area (Å²) in [5.74, 6) is 0.494. The van der Waals surface area contributed by atoms with Gasteiger partial charge in [0, 0.05) is 24.9 Å². The molecule has 152 valence electrons. The second-order valence-corrected chi connectivity index (χ2v) is 8.62. The van der Waals surface area contributed by atoms with Gasteiger partial charge in [-0.1, -0.05) is 71.9 Å². The van der Waals surface area contributed by atoms with Gasteiger partial charge in [-0.15, -0.1) is 0 Å². The maximum absolute atomic E-state index is 13.0. The molecule has 0 radical (unpaired) electrons. The maximum atomic E-state index is 13.0. The van der Waals surface area contributed by atoms with Crippen molar-refractivity contribution in [2.75, 3.05) is 0 Å². The lowest BCUT2D eigenvalue weighted by molar-refractivity contribution is 0.703. The van der Waals surface area contributed by atoms with Crippen LogP contribution >= 0.6 is 11.8 Å². The summed E-state index contributed by atoms with van der Waals surface area (Å²) in [6.07, 6.45) is 0. The van der Waals surface area contributed by atoms with Crippen LogP contribution in [0.4, 0.5) is 0 Å². The molecule has 0 fully saturated rings. The predicted molar refractivity (Wildman–Crippen MR) is 121 cm³/mol. The topological polar surface area (TPSA) is 69.8 Å². The first-order chi connectivity index (χ1) is 14.4. The molecule has 0 saturated carbocycles. The van der Waals surface area contributed by atoms with Crippen molar-refractivity contribution in [3.8, 4) is 11.4 Å². The summed E-state index contributed by atoms with van der Waals surface area (Å²) in [5.41, 5.74) is 2.65. The van der Waals surface area contributed by atoms with Crippen LogP contribution in [0.5, 0.6) is 0 Å². The zero-order valence-electron chi connectivity index (χ0n) is 17.3. The summed E-state index contributed by atoms with van der Waals surface area (Å²) in [6.45, 7) is 4.09. The molecule has 0 unspecified atom stereocenters. The van der Waals surface area contributed by atoms with Crippen LogP contribution in [0.25, 0.3) is 22.4 Å². The molecule has 0 aliphatic heterocycles. The Bertz CT molecular complexity index is 1340. The molecule has 1 atom stereocenters. The molecule has 4 aromatic rings. The minimum atomic E-state index is -0.409. The zero-order valence-corrected chi connectivity index (χ0v) is 18.1. The summed E-state index contributed by atoms with van der Waals surface area (Å²) < 4.78 is 2.52. The Kier molecular flexibility index (Phi) is 5.30. The van der Waals surface area contributed by atoms with E-state index < -0.39 is 5.69 Å². The highest BCUT2D eigenvalue weighted by atomic mass is 32.2. The highest BCUT2D eigenvalue weighted by Gasteiger charge is 2.20. The Morgan fingerprint density at radius 1 is 0.900 bits per heavy atom. The Balaban J connectivity index is 1.97. The van der Waals surface area contributed by atoms with E-state index in [0.29, 0.717) is 21.9 Å². The average Bonchev–Trinajstić information content (AvgIpc) is 2.76. The van der Waals surface area contributed by atoms with Crippen molar-refractivity contribution in [2.24, 2.45) is 14.1 Å². The van der Waals surface area contributed by atoms with Crippen LogP contribution in [-0.2, 0) is 14.1 Å². The van der Waals surface area contributed by atoms with Crippen molar-refractivity contribution >= 4 is 22.8 Å². The van der Waals surface area contributed by atoms with Gasteiger partial charge in [0.25, 0.3) is 5.56 Å². The van der Waals surface area contributed by atoms with Crippen LogP contribution in [0.1, 0.15) is 23.3 Å². The average molecular weight is 419 g/mol. The molecule has 0 spiro atoms. The molecule has 0 aliphatic rings. The lowest BCUT2D eigenvalue weighted by atomic mass is 10.1. The quantitative estimate of drug-likeness (QED) is 0.372. The summed E-state index contributed by atoms with van der Waals surface area (Å²) in [5, 5.41) is 1.00. The number of aryl methyl sites for hydroxylation is 2. The molecule has 4 rings (SSSR count). The van der Waals surface area contributed by atoms with Crippen molar-refractivity contribution < 1.29 is 0 Å². The first kappa shape index (κ1) is 20.1. The molecule has 2 aromatic heterocycles. The van der Waals surface area contributed by atoms with Gasteiger partial charge in [-0.3, -0.25) is 13.9 Å². The molecule has 0 aliphatic carbocycles. The fourth-order valence-corrected chi connectivity index (χ4v) is 4.37. The molecule has 0 amide bonds. The van der Waals surface area contributed by atoms with E-state index in [1.54, 1.807) is 7.05 Å². The molecule has 0 saturated heterocycles. The van der Waals surface area contributed by atoms with E-state index in [2.05, 4.69) is 24.0 Å². The summed E-state index contributed by atoms with van der Waals surface area (Å²) >= 11 is 1.50. The van der Waals surface area contributed by atoms with Crippen molar-refractivity contribution in [3.05, 3.63) is 86.6 Å². The van der Waals surface area contributed by atoms with Gasteiger partial charge in [-0.2, -0.15) is 0 Å². The highest BCUT2D eigenvalue weighted by molar-refractivity contribution is 7.99. The number of hydrogen-bond acceptors (Lipinski definition) is 5. The third kappa shape index (κ3) is 3.57. The summed E-state index contributed by atoms with van der Waals surface area (Å²) in [6, 6.07) is 17.9. The molecule has 2 aromatic carbocycles. The van der Waals surface area contributed by atoms with Gasteiger partial charge in [0.2, 0.25) is 0 Å². The van der Waals surface area contributed by atoms with Crippen LogP contribution in [0.3, 0.4) is 0 Å². The number of aromatic nitrogens is 4. The van der Waals surface area contributed by atoms with Crippen LogP contribution in [0.2, 0.25) is 0 Å². The zero-order chi connectivity index (χ0) is 21.4. The molecule has 6 nitrogen and oxygen atoms in total. The first-order valence-electron chi connectivity index (χ1n) is 9.63. The van der Waals surface area contributed by atoms with Crippen molar-refractivity contribution in [1.29, 1.82) is 0 Å². The van der Waals surface area contributed by atoms with Crippen LogP contribution < -0.4 is 11.2 Å². The van der Waals surface area contributed by atoms with E-state index in [9.17, 15) is 9.59 Å². The summed E-state index contributed by atoms with van der Waals surface area (Å²) in [4.78, 5) is 34.9. The van der Waals surface area contributed by atoms with E-state index in [1.165, 1.54) is 23.4 Å². The Hall–Kier alpha value is -3.19. The molecular weight excluding hydrogens is 396 g/mol. The molecular formula is C23H22N4O2S. The fourth-order valence-electron chi connectivity index (χ4n) is 3.31. The second kappa shape index (κ2) is 7.91. The smallest absolute Gasteiger partial charge is 0.280 e. The maximum Gasteiger partial charge on any atom is 0.332 e. The van der Waals surface area contributed by atoms with Gasteiger partial charge in [-0.05, 0) is 19.4 Å². The number of nitrogens with zero attached hydrogens (tertiary/aromatic N) is 4. The molecule has 2 heterocycles. The van der Waals surface area contributed by atoms with E-state index in [1.807, 2.05) is 49.4 Å². The largest absolute Gasteiger partial charge is 0.332 e. The fraction of sp³-hybridized carbons (Fsp3) is 0.217. The predicted octanol–water partition coefficient (Wildman–Crippen LogP) is 3.86. The minimum Gasteiger partial charge on any atom is -0.280 e. The van der Waals surface area contributed by atoms with Crippen molar-refractivity contribution in [1.82, 2.24) is 19.1 Å². The van der Waals surface area contributed by atoms with E-state index >= 15 is 0 Å². The lowest BCUT2D eigenvalue weighted by Crippen LogP contribution is -2.37. The Morgan fingerprint density at radius 2 is 1.57 bits per heavy atom. The Labute approximate surface area is 178 Å². The van der Waals surface area contributed by atoms with Crippen LogP contribution in [-0.4, -0.2) is 19.1 Å². The van der Waals surface area contributed by atoms with E-state index in [0.717, 1.165) is 21.3 Å². The van der Waals surface area contributed by atoms with Crippen LogP contribution in [0, 0.1) is 6.92 Å². The molecule has 0 N–H and O–H groups in total. The standard InChI is InChI=1S/C23H22N4O2S/c1-14-10-12-17(13-11-14)19-24-20-18(22(28)27(4)23(29)26(20)3)21(25-19)30-15(2)16-8-6-5-7-9-16/h5-13,15H,1-4H3/t15-/m0/s1. The number of thioether (sulfide) groups is 1. The lowest BCUT2D eigenvalue weighted by Gasteiger charge is -2.15. The van der Waals surface area contributed by atoms with E-state index in [-0.39, 0.29) is 10.8 Å². The Morgan fingerprint density at radius 3 is 2.23 bits per heavy atom. The minimum absolute atomic E-state index is 0.0668.